The van der Waals surface area contributed by atoms with Crippen LogP contribution in [0.4, 0.5) is 0 Å². The number of hydrogen-bond donors (Lipinski definition) is 0. The summed E-state index contributed by atoms with van der Waals surface area (Å²) in [6.07, 6.45) is 6.58. The molecule has 14 heavy (non-hydrogen) atoms. The first-order chi connectivity index (χ1) is 6.57. The van der Waals surface area contributed by atoms with Gasteiger partial charge in [-0.2, -0.15) is 0 Å². The maximum absolute atomic E-state index is 11.1. The lowest BCUT2D eigenvalue weighted by Crippen LogP contribution is -2.02. The van der Waals surface area contributed by atoms with Crippen molar-refractivity contribution in [3.05, 3.63) is 11.6 Å². The molecule has 2 nitrogen and oxygen atoms in total. The van der Waals surface area contributed by atoms with E-state index in [4.69, 9.17) is 0 Å². The highest BCUT2D eigenvalue weighted by Gasteiger charge is 2.05. The lowest BCUT2D eigenvalue weighted by molar-refractivity contribution is -0.119. The Bertz CT molecular complexity index is 226. The van der Waals surface area contributed by atoms with Gasteiger partial charge in [0.15, 0.2) is 5.78 Å². The third kappa shape index (κ3) is 6.58. The molecule has 0 amide bonds. The molecule has 0 aliphatic carbocycles. The van der Waals surface area contributed by atoms with E-state index in [0.29, 0.717) is 12.0 Å². The van der Waals surface area contributed by atoms with Gasteiger partial charge in [-0.1, -0.05) is 25.8 Å². The third-order valence-corrected chi connectivity index (χ3v) is 2.09. The Morgan fingerprint density at radius 3 is 2.21 bits per heavy atom. The molecule has 0 bridgehead atoms. The lowest BCUT2D eigenvalue weighted by Gasteiger charge is -2.00. The van der Waals surface area contributed by atoms with Crippen LogP contribution in [0.1, 0.15) is 52.9 Å². The van der Waals surface area contributed by atoms with E-state index in [1.54, 1.807) is 0 Å². The Morgan fingerprint density at radius 1 is 1.14 bits per heavy atom. The largest absolute Gasteiger partial charge is 0.300 e. The fourth-order valence-corrected chi connectivity index (χ4v) is 1.28. The van der Waals surface area contributed by atoms with E-state index in [2.05, 4.69) is 6.92 Å². The quantitative estimate of drug-likeness (QED) is 0.463. The third-order valence-electron chi connectivity index (χ3n) is 2.09. The van der Waals surface area contributed by atoms with E-state index in [1.165, 1.54) is 26.7 Å². The van der Waals surface area contributed by atoms with Gasteiger partial charge in [0.25, 0.3) is 0 Å². The highest BCUT2D eigenvalue weighted by atomic mass is 16.1. The average Bonchev–Trinajstić information content (AvgIpc) is 2.09. The molecule has 0 aromatic rings. The average molecular weight is 196 g/mol. The van der Waals surface area contributed by atoms with Gasteiger partial charge in [-0.15, -0.1) is 0 Å². The van der Waals surface area contributed by atoms with Gasteiger partial charge in [0, 0.05) is 6.42 Å². The molecule has 0 rings (SSSR count). The van der Waals surface area contributed by atoms with Crippen molar-refractivity contribution in [3.8, 4) is 0 Å². The van der Waals surface area contributed by atoms with Gasteiger partial charge in [0.05, 0.1) is 0 Å². The standard InChI is InChI=1S/C12H20O2/c1-4-5-6-7-8-12(11(3)14)9-10(2)13/h8H,4-7,9H2,1-3H3/b12-8+. The maximum Gasteiger partial charge on any atom is 0.155 e. The number of rotatable bonds is 7. The van der Waals surface area contributed by atoms with E-state index in [-0.39, 0.29) is 11.6 Å². The van der Waals surface area contributed by atoms with Crippen LogP contribution in [-0.2, 0) is 9.59 Å². The van der Waals surface area contributed by atoms with Gasteiger partial charge >= 0.3 is 0 Å². The number of Topliss-reactive ketones (excluding diaryl/α,β-unsaturated/α-hetero) is 2. The van der Waals surface area contributed by atoms with Crippen molar-refractivity contribution >= 4 is 11.6 Å². The van der Waals surface area contributed by atoms with E-state index in [9.17, 15) is 9.59 Å². The van der Waals surface area contributed by atoms with Gasteiger partial charge in [0.2, 0.25) is 0 Å². The number of hydrogen-bond acceptors (Lipinski definition) is 2. The van der Waals surface area contributed by atoms with Crippen molar-refractivity contribution in [2.75, 3.05) is 0 Å². The maximum atomic E-state index is 11.1. The van der Waals surface area contributed by atoms with E-state index < -0.39 is 0 Å². The van der Waals surface area contributed by atoms with Crippen molar-refractivity contribution in [1.29, 1.82) is 0 Å². The molecule has 0 aliphatic heterocycles. The van der Waals surface area contributed by atoms with E-state index in [0.717, 1.165) is 12.8 Å². The lowest BCUT2D eigenvalue weighted by atomic mass is 10.0. The zero-order valence-corrected chi connectivity index (χ0v) is 9.43. The molecule has 0 atom stereocenters. The summed E-state index contributed by atoms with van der Waals surface area (Å²) in [5, 5.41) is 0. The summed E-state index contributed by atoms with van der Waals surface area (Å²) in [6.45, 7) is 5.18. The Kier molecular flexibility index (Phi) is 6.99. The van der Waals surface area contributed by atoms with E-state index >= 15 is 0 Å². The molecule has 0 aromatic carbocycles. The molecule has 2 heteroatoms. The van der Waals surface area contributed by atoms with Crippen LogP contribution in [0.25, 0.3) is 0 Å². The fourth-order valence-electron chi connectivity index (χ4n) is 1.28. The number of allylic oxidation sites excluding steroid dienone is 2. The minimum Gasteiger partial charge on any atom is -0.300 e. The second kappa shape index (κ2) is 7.48. The second-order valence-corrected chi connectivity index (χ2v) is 3.66. The van der Waals surface area contributed by atoms with Crippen LogP contribution in [0, 0.1) is 0 Å². The first-order valence-corrected chi connectivity index (χ1v) is 5.27. The summed E-state index contributed by atoms with van der Waals surface area (Å²) in [7, 11) is 0. The van der Waals surface area contributed by atoms with Gasteiger partial charge in [-0.3, -0.25) is 9.59 Å². The molecule has 0 aliphatic rings. The topological polar surface area (TPSA) is 34.1 Å². The summed E-state index contributed by atoms with van der Waals surface area (Å²) < 4.78 is 0. The Balaban J connectivity index is 4.06. The normalized spacial score (nSPS) is 11.5. The van der Waals surface area contributed by atoms with Crippen LogP contribution in [0.3, 0.4) is 0 Å². The number of unbranched alkanes of at least 4 members (excludes halogenated alkanes) is 3. The van der Waals surface area contributed by atoms with Crippen LogP contribution in [0.15, 0.2) is 11.6 Å². The summed E-state index contributed by atoms with van der Waals surface area (Å²) in [5.41, 5.74) is 0.675. The zero-order chi connectivity index (χ0) is 11.0. The van der Waals surface area contributed by atoms with Crippen LogP contribution < -0.4 is 0 Å². The molecule has 0 unspecified atom stereocenters. The minimum atomic E-state index is 0.0247. The van der Waals surface area contributed by atoms with Crippen LogP contribution in [0.5, 0.6) is 0 Å². The summed E-state index contributed by atoms with van der Waals surface area (Å²) in [5.74, 6) is 0.0821. The van der Waals surface area contributed by atoms with Crippen LogP contribution in [-0.4, -0.2) is 11.6 Å². The Morgan fingerprint density at radius 2 is 1.79 bits per heavy atom. The molecule has 0 N–H and O–H groups in total. The fraction of sp³-hybridized carbons (Fsp3) is 0.667. The highest BCUT2D eigenvalue weighted by Crippen LogP contribution is 2.08. The van der Waals surface area contributed by atoms with E-state index in [1.807, 2.05) is 6.08 Å². The molecule has 0 spiro atoms. The molecule has 0 fully saturated rings. The molecule has 0 saturated heterocycles. The van der Waals surface area contributed by atoms with Crippen molar-refractivity contribution < 1.29 is 9.59 Å². The van der Waals surface area contributed by atoms with Gasteiger partial charge < -0.3 is 0 Å². The highest BCUT2D eigenvalue weighted by molar-refractivity contribution is 5.98. The first kappa shape index (κ1) is 13.1. The van der Waals surface area contributed by atoms with Crippen molar-refractivity contribution in [2.45, 2.75) is 52.9 Å². The molecule has 0 radical (unpaired) electrons. The predicted octanol–water partition coefficient (Wildman–Crippen LogP) is 3.06. The van der Waals surface area contributed by atoms with Crippen LogP contribution >= 0.6 is 0 Å². The minimum absolute atomic E-state index is 0.0247. The molecular weight excluding hydrogens is 176 g/mol. The predicted molar refractivity (Wildman–Crippen MR) is 58.2 cm³/mol. The first-order valence-electron chi connectivity index (χ1n) is 5.27. The second-order valence-electron chi connectivity index (χ2n) is 3.66. The van der Waals surface area contributed by atoms with Crippen molar-refractivity contribution in [1.82, 2.24) is 0 Å². The van der Waals surface area contributed by atoms with Gasteiger partial charge in [-0.25, -0.2) is 0 Å². The monoisotopic (exact) mass is 196 g/mol. The molecule has 0 aromatic heterocycles. The zero-order valence-electron chi connectivity index (χ0n) is 9.43. The molecular formula is C12H20O2. The number of carbonyl (C=O) groups is 2. The smallest absolute Gasteiger partial charge is 0.155 e. The van der Waals surface area contributed by atoms with Crippen molar-refractivity contribution in [2.24, 2.45) is 0 Å². The Hall–Kier alpha value is -0.920. The Labute approximate surface area is 86.4 Å². The molecule has 0 saturated carbocycles. The number of ketones is 2. The van der Waals surface area contributed by atoms with Crippen LogP contribution in [0.2, 0.25) is 0 Å². The summed E-state index contributed by atoms with van der Waals surface area (Å²) in [4.78, 5) is 22.0. The molecule has 80 valence electrons. The van der Waals surface area contributed by atoms with Gasteiger partial charge in [-0.05, 0) is 32.3 Å². The van der Waals surface area contributed by atoms with Crippen molar-refractivity contribution in [3.63, 3.8) is 0 Å². The SMILES string of the molecule is CCCCC/C=C(\CC(C)=O)C(C)=O. The summed E-state index contributed by atoms with van der Waals surface area (Å²) >= 11 is 0. The number of carbonyl (C=O) groups excluding carboxylic acids is 2. The summed E-state index contributed by atoms with van der Waals surface area (Å²) in [6, 6.07) is 0. The van der Waals surface area contributed by atoms with Gasteiger partial charge in [0.1, 0.15) is 5.78 Å². The molecule has 0 heterocycles.